The third kappa shape index (κ3) is 4.83. The molecule has 0 amide bonds. The first kappa shape index (κ1) is 16.0. The first-order valence-electron chi connectivity index (χ1n) is 6.99. The lowest BCUT2D eigenvalue weighted by Gasteiger charge is -2.11. The van der Waals surface area contributed by atoms with Crippen molar-refractivity contribution in [3.8, 4) is 5.75 Å². The molecule has 0 heterocycles. The van der Waals surface area contributed by atoms with Crippen LogP contribution < -0.4 is 10.5 Å². The molecule has 0 aromatic heterocycles. The van der Waals surface area contributed by atoms with Gasteiger partial charge in [-0.1, -0.05) is 35.0 Å². The van der Waals surface area contributed by atoms with Crippen molar-refractivity contribution in [1.29, 1.82) is 0 Å². The fraction of sp³-hybridized carbons (Fsp3) is 0.294. The Kier molecular flexibility index (Phi) is 5.76. The van der Waals surface area contributed by atoms with Crippen molar-refractivity contribution < 1.29 is 9.13 Å². The summed E-state index contributed by atoms with van der Waals surface area (Å²) in [4.78, 5) is 0. The molecule has 112 valence electrons. The quantitative estimate of drug-likeness (QED) is 0.834. The Morgan fingerprint density at radius 1 is 1.24 bits per heavy atom. The number of ether oxygens (including phenoxy) is 1. The number of hydrogen-bond acceptors (Lipinski definition) is 2. The maximum Gasteiger partial charge on any atom is 0.129 e. The van der Waals surface area contributed by atoms with E-state index < -0.39 is 0 Å². The van der Waals surface area contributed by atoms with E-state index in [9.17, 15) is 4.39 Å². The van der Waals surface area contributed by atoms with E-state index in [0.717, 1.165) is 28.6 Å². The Morgan fingerprint density at radius 2 is 2.05 bits per heavy atom. The molecule has 0 spiro atoms. The highest BCUT2D eigenvalue weighted by Crippen LogP contribution is 2.20. The molecule has 0 radical (unpaired) electrons. The average Bonchev–Trinajstić information content (AvgIpc) is 2.48. The third-order valence-electron chi connectivity index (χ3n) is 3.32. The summed E-state index contributed by atoms with van der Waals surface area (Å²) in [5, 5.41) is 0. The minimum absolute atomic E-state index is 0.155. The van der Waals surface area contributed by atoms with Crippen LogP contribution in [0.3, 0.4) is 0 Å². The summed E-state index contributed by atoms with van der Waals surface area (Å²) in [5.74, 6) is 0.470. The summed E-state index contributed by atoms with van der Waals surface area (Å²) < 4.78 is 20.2. The fourth-order valence-electron chi connectivity index (χ4n) is 2.02. The predicted octanol–water partition coefficient (Wildman–Crippen LogP) is 4.45. The monoisotopic (exact) mass is 351 g/mol. The van der Waals surface area contributed by atoms with Crippen LogP contribution in [0, 0.1) is 5.82 Å². The maximum atomic E-state index is 13.7. The van der Waals surface area contributed by atoms with E-state index >= 15 is 0 Å². The van der Waals surface area contributed by atoms with Gasteiger partial charge in [0, 0.05) is 16.1 Å². The molecule has 1 unspecified atom stereocenters. The van der Waals surface area contributed by atoms with E-state index in [0.29, 0.717) is 5.56 Å². The van der Waals surface area contributed by atoms with E-state index in [1.165, 1.54) is 6.07 Å². The molecule has 1 atom stereocenters. The lowest BCUT2D eigenvalue weighted by atomic mass is 10.0. The number of halogens is 2. The van der Waals surface area contributed by atoms with Crippen molar-refractivity contribution in [3.63, 3.8) is 0 Å². The van der Waals surface area contributed by atoms with Crippen LogP contribution in [0.15, 0.2) is 46.9 Å². The number of nitrogens with two attached hydrogens (primary N) is 1. The van der Waals surface area contributed by atoms with Crippen LogP contribution in [0.4, 0.5) is 4.39 Å². The van der Waals surface area contributed by atoms with Crippen LogP contribution in [-0.2, 0) is 13.0 Å². The number of benzene rings is 2. The smallest absolute Gasteiger partial charge is 0.129 e. The minimum atomic E-state index is -0.262. The zero-order valence-corrected chi connectivity index (χ0v) is 13.6. The molecule has 0 aliphatic rings. The maximum absolute atomic E-state index is 13.7. The van der Waals surface area contributed by atoms with Crippen LogP contribution in [0.2, 0.25) is 0 Å². The standard InChI is InChI=1S/C17H19BrFNO/c1-2-15(20)8-12-4-3-5-16(9-12)21-11-13-10-14(18)6-7-17(13)19/h3-7,9-10,15H,2,8,11,20H2,1H3. The van der Waals surface area contributed by atoms with Gasteiger partial charge in [0.1, 0.15) is 18.2 Å². The molecule has 2 aromatic rings. The minimum Gasteiger partial charge on any atom is -0.489 e. The molecule has 0 bridgehead atoms. The molecule has 4 heteroatoms. The lowest BCUT2D eigenvalue weighted by Crippen LogP contribution is -2.21. The summed E-state index contributed by atoms with van der Waals surface area (Å²) in [6.07, 6.45) is 1.76. The molecule has 0 fully saturated rings. The molecule has 0 aliphatic carbocycles. The van der Waals surface area contributed by atoms with Crippen LogP contribution >= 0.6 is 15.9 Å². The highest BCUT2D eigenvalue weighted by molar-refractivity contribution is 9.10. The van der Waals surface area contributed by atoms with Crippen molar-refractivity contribution in [2.75, 3.05) is 0 Å². The van der Waals surface area contributed by atoms with Crippen molar-refractivity contribution in [3.05, 3.63) is 63.9 Å². The van der Waals surface area contributed by atoms with Gasteiger partial charge in [-0.25, -0.2) is 4.39 Å². The van der Waals surface area contributed by atoms with Gasteiger partial charge in [-0.15, -0.1) is 0 Å². The highest BCUT2D eigenvalue weighted by atomic mass is 79.9. The van der Waals surface area contributed by atoms with Gasteiger partial charge in [0.2, 0.25) is 0 Å². The van der Waals surface area contributed by atoms with Crippen LogP contribution in [-0.4, -0.2) is 6.04 Å². The summed E-state index contributed by atoms with van der Waals surface area (Å²) in [6, 6.07) is 12.8. The first-order valence-corrected chi connectivity index (χ1v) is 7.79. The zero-order valence-electron chi connectivity index (χ0n) is 12.0. The largest absolute Gasteiger partial charge is 0.489 e. The van der Waals surface area contributed by atoms with Gasteiger partial charge in [-0.3, -0.25) is 0 Å². The van der Waals surface area contributed by atoms with Gasteiger partial charge in [0.25, 0.3) is 0 Å². The summed E-state index contributed by atoms with van der Waals surface area (Å²) >= 11 is 3.33. The molecular formula is C17H19BrFNO. The van der Waals surface area contributed by atoms with Gasteiger partial charge in [-0.05, 0) is 48.7 Å². The Balaban J connectivity index is 2.03. The van der Waals surface area contributed by atoms with Gasteiger partial charge in [0.05, 0.1) is 0 Å². The van der Waals surface area contributed by atoms with Crippen molar-refractivity contribution >= 4 is 15.9 Å². The molecule has 2 N–H and O–H groups in total. The summed E-state index contributed by atoms with van der Waals surface area (Å²) in [6.45, 7) is 2.27. The SMILES string of the molecule is CCC(N)Cc1cccc(OCc2cc(Br)ccc2F)c1. The molecule has 2 nitrogen and oxygen atoms in total. The van der Waals surface area contributed by atoms with Gasteiger partial charge in [-0.2, -0.15) is 0 Å². The van der Waals surface area contributed by atoms with Gasteiger partial charge < -0.3 is 10.5 Å². The average molecular weight is 352 g/mol. The van der Waals surface area contributed by atoms with E-state index in [1.54, 1.807) is 12.1 Å². The van der Waals surface area contributed by atoms with Crippen molar-refractivity contribution in [2.45, 2.75) is 32.4 Å². The topological polar surface area (TPSA) is 35.2 Å². The Labute approximate surface area is 133 Å². The van der Waals surface area contributed by atoms with E-state index in [2.05, 4.69) is 22.9 Å². The molecular weight excluding hydrogens is 333 g/mol. The third-order valence-corrected chi connectivity index (χ3v) is 3.82. The Bertz CT molecular complexity index is 603. The van der Waals surface area contributed by atoms with E-state index in [4.69, 9.17) is 10.5 Å². The highest BCUT2D eigenvalue weighted by Gasteiger charge is 2.06. The summed E-state index contributed by atoms with van der Waals surface area (Å²) in [7, 11) is 0. The molecule has 2 rings (SSSR count). The second-order valence-corrected chi connectivity index (χ2v) is 5.96. The molecule has 0 saturated carbocycles. The predicted molar refractivity (Wildman–Crippen MR) is 86.8 cm³/mol. The first-order chi connectivity index (χ1) is 10.1. The number of rotatable bonds is 6. The van der Waals surface area contributed by atoms with Crippen LogP contribution in [0.1, 0.15) is 24.5 Å². The van der Waals surface area contributed by atoms with Crippen molar-refractivity contribution in [1.82, 2.24) is 0 Å². The van der Waals surface area contributed by atoms with Crippen LogP contribution in [0.5, 0.6) is 5.75 Å². The number of hydrogen-bond donors (Lipinski definition) is 1. The molecule has 21 heavy (non-hydrogen) atoms. The molecule has 0 aliphatic heterocycles. The lowest BCUT2D eigenvalue weighted by molar-refractivity contribution is 0.299. The molecule has 0 saturated heterocycles. The van der Waals surface area contributed by atoms with Crippen molar-refractivity contribution in [2.24, 2.45) is 5.73 Å². The second-order valence-electron chi connectivity index (χ2n) is 5.04. The Morgan fingerprint density at radius 3 is 2.81 bits per heavy atom. The fourth-order valence-corrected chi connectivity index (χ4v) is 2.43. The molecule has 2 aromatic carbocycles. The van der Waals surface area contributed by atoms with Gasteiger partial charge in [0.15, 0.2) is 0 Å². The zero-order chi connectivity index (χ0) is 15.2. The Hall–Kier alpha value is -1.39. The van der Waals surface area contributed by atoms with Gasteiger partial charge >= 0.3 is 0 Å². The van der Waals surface area contributed by atoms with Crippen LogP contribution in [0.25, 0.3) is 0 Å². The summed E-state index contributed by atoms with van der Waals surface area (Å²) in [5.41, 5.74) is 7.62. The normalized spacial score (nSPS) is 12.2. The van der Waals surface area contributed by atoms with E-state index in [1.807, 2.05) is 24.3 Å². The second kappa shape index (κ2) is 7.57. The van der Waals surface area contributed by atoms with E-state index in [-0.39, 0.29) is 18.5 Å².